The Labute approximate surface area is 89.7 Å². The number of rotatable bonds is 0. The van der Waals surface area contributed by atoms with Crippen LogP contribution in [0.1, 0.15) is 11.3 Å². The van der Waals surface area contributed by atoms with Crippen LogP contribution in [0.2, 0.25) is 0 Å². The van der Waals surface area contributed by atoms with Crippen molar-refractivity contribution in [3.05, 3.63) is 21.9 Å². The Bertz CT molecular complexity index is 370. The molecule has 0 unspecified atom stereocenters. The SMILES string of the molecule is CSC1=NCc2c(C)cc(Br)n2N1. The highest BCUT2D eigenvalue weighted by Gasteiger charge is 2.15. The Balaban J connectivity index is 2.40. The first-order valence-corrected chi connectivity index (χ1v) is 5.96. The molecule has 0 aromatic carbocycles. The summed E-state index contributed by atoms with van der Waals surface area (Å²) in [4.78, 5) is 4.39. The van der Waals surface area contributed by atoms with E-state index in [0.717, 1.165) is 16.3 Å². The quantitative estimate of drug-likeness (QED) is 0.775. The molecule has 2 rings (SSSR count). The van der Waals surface area contributed by atoms with Crippen molar-refractivity contribution >= 4 is 32.9 Å². The monoisotopic (exact) mass is 259 g/mol. The standard InChI is InChI=1S/C8H10BrN3S/c1-5-3-7(9)12-6(5)4-10-8(11-12)13-2/h3H,4H2,1-2H3,(H,10,11). The lowest BCUT2D eigenvalue weighted by Gasteiger charge is -2.18. The van der Waals surface area contributed by atoms with E-state index in [-0.39, 0.29) is 0 Å². The zero-order valence-electron chi connectivity index (χ0n) is 7.47. The summed E-state index contributed by atoms with van der Waals surface area (Å²) in [5.74, 6) is 0. The van der Waals surface area contributed by atoms with Gasteiger partial charge in [-0.2, -0.15) is 0 Å². The number of amidine groups is 1. The summed E-state index contributed by atoms with van der Waals surface area (Å²) in [6.07, 6.45) is 2.01. The molecule has 0 saturated carbocycles. The Morgan fingerprint density at radius 2 is 2.46 bits per heavy atom. The first-order valence-electron chi connectivity index (χ1n) is 3.94. The molecule has 0 fully saturated rings. The average Bonchev–Trinajstić information content (AvgIpc) is 2.42. The molecule has 13 heavy (non-hydrogen) atoms. The first kappa shape index (κ1) is 9.15. The Hall–Kier alpha value is -0.420. The van der Waals surface area contributed by atoms with Crippen LogP contribution in [0.3, 0.4) is 0 Å². The second-order valence-corrected chi connectivity index (χ2v) is 4.48. The lowest BCUT2D eigenvalue weighted by molar-refractivity contribution is 0.815. The van der Waals surface area contributed by atoms with E-state index < -0.39 is 0 Å². The van der Waals surface area contributed by atoms with Gasteiger partial charge in [0.1, 0.15) is 4.60 Å². The van der Waals surface area contributed by atoms with Gasteiger partial charge < -0.3 is 0 Å². The third-order valence-electron chi connectivity index (χ3n) is 2.05. The predicted molar refractivity (Wildman–Crippen MR) is 60.9 cm³/mol. The Morgan fingerprint density at radius 3 is 3.15 bits per heavy atom. The van der Waals surface area contributed by atoms with Crippen LogP contribution in [0.4, 0.5) is 0 Å². The smallest absolute Gasteiger partial charge is 0.176 e. The van der Waals surface area contributed by atoms with Gasteiger partial charge in [-0.05, 0) is 40.7 Å². The molecule has 0 aliphatic carbocycles. The minimum Gasteiger partial charge on any atom is -0.271 e. The fourth-order valence-corrected chi connectivity index (χ4v) is 2.36. The molecule has 0 saturated heterocycles. The summed E-state index contributed by atoms with van der Waals surface area (Å²) in [7, 11) is 0. The van der Waals surface area contributed by atoms with Gasteiger partial charge in [-0.3, -0.25) is 10.4 Å². The molecule has 1 N–H and O–H groups in total. The van der Waals surface area contributed by atoms with Crippen molar-refractivity contribution < 1.29 is 0 Å². The highest BCUT2D eigenvalue weighted by molar-refractivity contribution is 9.10. The lowest BCUT2D eigenvalue weighted by atomic mass is 10.3. The molecule has 0 spiro atoms. The highest BCUT2D eigenvalue weighted by Crippen LogP contribution is 2.23. The summed E-state index contributed by atoms with van der Waals surface area (Å²) in [5, 5.41) is 0.962. The van der Waals surface area contributed by atoms with Crippen LogP contribution < -0.4 is 5.43 Å². The summed E-state index contributed by atoms with van der Waals surface area (Å²) < 4.78 is 3.09. The maximum Gasteiger partial charge on any atom is 0.176 e. The van der Waals surface area contributed by atoms with Crippen molar-refractivity contribution in [2.75, 3.05) is 11.7 Å². The molecule has 0 atom stereocenters. The van der Waals surface area contributed by atoms with Crippen LogP contribution in [0.15, 0.2) is 15.7 Å². The van der Waals surface area contributed by atoms with Gasteiger partial charge in [0.15, 0.2) is 5.17 Å². The zero-order chi connectivity index (χ0) is 9.42. The number of aryl methyl sites for hydroxylation is 1. The summed E-state index contributed by atoms with van der Waals surface area (Å²) in [6.45, 7) is 2.86. The number of hydrogen-bond acceptors (Lipinski definition) is 3. The second kappa shape index (κ2) is 3.38. The number of fused-ring (bicyclic) bond motifs is 1. The van der Waals surface area contributed by atoms with Crippen LogP contribution in [-0.4, -0.2) is 16.1 Å². The molecule has 1 aliphatic heterocycles. The van der Waals surface area contributed by atoms with Crippen molar-refractivity contribution in [2.45, 2.75) is 13.5 Å². The van der Waals surface area contributed by atoms with Gasteiger partial charge in [0, 0.05) is 0 Å². The van der Waals surface area contributed by atoms with Crippen LogP contribution in [0.25, 0.3) is 0 Å². The number of nitrogens with one attached hydrogen (secondary N) is 1. The summed E-state index contributed by atoms with van der Waals surface area (Å²) in [6, 6.07) is 2.10. The summed E-state index contributed by atoms with van der Waals surface area (Å²) >= 11 is 5.12. The molecule has 2 heterocycles. The van der Waals surface area contributed by atoms with E-state index in [1.54, 1.807) is 11.8 Å². The summed E-state index contributed by atoms with van der Waals surface area (Å²) in [5.41, 5.74) is 5.71. The number of thioether (sulfide) groups is 1. The molecular weight excluding hydrogens is 250 g/mol. The highest BCUT2D eigenvalue weighted by atomic mass is 79.9. The van der Waals surface area contributed by atoms with Crippen molar-refractivity contribution in [3.8, 4) is 0 Å². The molecular formula is C8H10BrN3S. The zero-order valence-corrected chi connectivity index (χ0v) is 9.87. The van der Waals surface area contributed by atoms with Gasteiger partial charge in [0.2, 0.25) is 0 Å². The van der Waals surface area contributed by atoms with Crippen LogP contribution in [-0.2, 0) is 6.54 Å². The van der Waals surface area contributed by atoms with Gasteiger partial charge in [-0.1, -0.05) is 11.8 Å². The van der Waals surface area contributed by atoms with Gasteiger partial charge >= 0.3 is 0 Å². The van der Waals surface area contributed by atoms with E-state index >= 15 is 0 Å². The van der Waals surface area contributed by atoms with E-state index in [1.165, 1.54) is 11.3 Å². The van der Waals surface area contributed by atoms with E-state index in [1.807, 2.05) is 10.9 Å². The van der Waals surface area contributed by atoms with Crippen LogP contribution in [0, 0.1) is 6.92 Å². The van der Waals surface area contributed by atoms with Gasteiger partial charge in [-0.15, -0.1) is 0 Å². The Kier molecular flexibility index (Phi) is 2.38. The third-order valence-corrected chi connectivity index (χ3v) is 3.24. The van der Waals surface area contributed by atoms with Crippen molar-refractivity contribution in [2.24, 2.45) is 4.99 Å². The fraction of sp³-hybridized carbons (Fsp3) is 0.375. The topological polar surface area (TPSA) is 29.3 Å². The second-order valence-electron chi connectivity index (χ2n) is 2.87. The molecule has 1 aromatic heterocycles. The van der Waals surface area contributed by atoms with Crippen LogP contribution in [0.5, 0.6) is 0 Å². The van der Waals surface area contributed by atoms with Gasteiger partial charge in [-0.25, -0.2) is 4.68 Å². The lowest BCUT2D eigenvalue weighted by Crippen LogP contribution is -2.26. The minimum absolute atomic E-state index is 0.764. The number of halogens is 1. The molecule has 1 aliphatic rings. The predicted octanol–water partition coefficient (Wildman–Crippen LogP) is 2.34. The number of aromatic nitrogens is 1. The molecule has 0 bridgehead atoms. The fourth-order valence-electron chi connectivity index (χ4n) is 1.34. The van der Waals surface area contributed by atoms with E-state index in [9.17, 15) is 0 Å². The molecule has 5 heteroatoms. The average molecular weight is 260 g/mol. The van der Waals surface area contributed by atoms with Gasteiger partial charge in [0.25, 0.3) is 0 Å². The van der Waals surface area contributed by atoms with Crippen LogP contribution >= 0.6 is 27.7 Å². The number of aliphatic imine (C=N–C) groups is 1. The third kappa shape index (κ3) is 1.50. The van der Waals surface area contributed by atoms with Crippen molar-refractivity contribution in [1.29, 1.82) is 0 Å². The van der Waals surface area contributed by atoms with Crippen molar-refractivity contribution in [1.82, 2.24) is 4.68 Å². The number of hydrogen-bond donors (Lipinski definition) is 1. The molecule has 0 radical (unpaired) electrons. The largest absolute Gasteiger partial charge is 0.271 e. The Morgan fingerprint density at radius 1 is 1.69 bits per heavy atom. The molecule has 0 amide bonds. The van der Waals surface area contributed by atoms with E-state index in [0.29, 0.717) is 0 Å². The molecule has 3 nitrogen and oxygen atoms in total. The van der Waals surface area contributed by atoms with E-state index in [4.69, 9.17) is 0 Å². The maximum atomic E-state index is 4.39. The minimum atomic E-state index is 0.764. The normalized spacial score (nSPS) is 14.8. The van der Waals surface area contributed by atoms with Gasteiger partial charge in [0.05, 0.1) is 12.2 Å². The number of nitrogens with zero attached hydrogens (tertiary/aromatic N) is 2. The molecule has 1 aromatic rings. The first-order chi connectivity index (χ1) is 6.22. The maximum absolute atomic E-state index is 4.39. The molecule has 70 valence electrons. The van der Waals surface area contributed by atoms with E-state index in [2.05, 4.69) is 39.3 Å². The van der Waals surface area contributed by atoms with Crippen molar-refractivity contribution in [3.63, 3.8) is 0 Å².